The van der Waals surface area contributed by atoms with Crippen molar-refractivity contribution in [3.63, 3.8) is 0 Å². The van der Waals surface area contributed by atoms with Crippen LogP contribution in [-0.4, -0.2) is 105 Å². The smallest absolute Gasteiger partial charge is 0.248 e. The molecule has 1 fully saturated rings. The van der Waals surface area contributed by atoms with E-state index in [1.165, 1.54) is 17.1 Å². The predicted molar refractivity (Wildman–Crippen MR) is 124 cm³/mol. The quantitative estimate of drug-likeness (QED) is 0.362. The fourth-order valence-corrected chi connectivity index (χ4v) is 3.98. The van der Waals surface area contributed by atoms with Gasteiger partial charge < -0.3 is 33.9 Å². The van der Waals surface area contributed by atoms with Crippen LogP contribution in [0.15, 0.2) is 12.2 Å². The Hall–Kier alpha value is -1.52. The van der Waals surface area contributed by atoms with E-state index in [2.05, 4.69) is 20.8 Å². The number of likely N-dealkylation sites (tertiary alicyclic amines) is 1. The van der Waals surface area contributed by atoms with Crippen molar-refractivity contribution >= 4 is 11.8 Å². The summed E-state index contributed by atoms with van der Waals surface area (Å²) in [6.07, 6.45) is 4.54. The van der Waals surface area contributed by atoms with Crippen LogP contribution in [0.3, 0.4) is 0 Å². The van der Waals surface area contributed by atoms with Crippen molar-refractivity contribution in [1.29, 1.82) is 0 Å². The number of nitrogens with zero attached hydrogens (tertiary/aromatic N) is 2. The first-order valence-electron chi connectivity index (χ1n) is 12.0. The lowest BCUT2D eigenvalue weighted by Gasteiger charge is -2.38. The molecule has 0 bridgehead atoms. The molecule has 0 aromatic rings. The van der Waals surface area contributed by atoms with Crippen LogP contribution in [0.25, 0.3) is 0 Å². The molecular weight excluding hydrogens is 428 g/mol. The summed E-state index contributed by atoms with van der Waals surface area (Å²) in [5.74, 6) is 0.663. The maximum Gasteiger partial charge on any atom is 0.248 e. The zero-order valence-corrected chi connectivity index (χ0v) is 20.5. The molecule has 2 aliphatic rings. The molecule has 0 saturated carbocycles. The summed E-state index contributed by atoms with van der Waals surface area (Å²) in [5, 5.41) is 9.56. The van der Waals surface area contributed by atoms with Crippen LogP contribution in [0.5, 0.6) is 0 Å². The Balaban J connectivity index is 1.32. The van der Waals surface area contributed by atoms with Gasteiger partial charge in [-0.3, -0.25) is 9.59 Å². The number of ether oxygens (including phenoxy) is 4. The fourth-order valence-electron chi connectivity index (χ4n) is 3.98. The highest BCUT2D eigenvalue weighted by Gasteiger charge is 2.30. The number of amides is 2. The molecule has 0 aromatic heterocycles. The number of piperidine rings is 1. The standard InChI is InChI=1S/C24H42N2O7/c1-24(2,3)20-6-9-25(10-7-20)21(27)8-12-30-14-16-32-18-19-33-17-15-31-13-11-26-22(28)4-5-23(26)29/h4-5,20,22,28H,6-19H2,1-3H3. The zero-order valence-electron chi connectivity index (χ0n) is 20.5. The first-order valence-corrected chi connectivity index (χ1v) is 12.0. The van der Waals surface area contributed by atoms with Gasteiger partial charge in [-0.2, -0.15) is 0 Å². The summed E-state index contributed by atoms with van der Waals surface area (Å²) >= 11 is 0. The molecule has 0 aliphatic carbocycles. The molecule has 1 unspecified atom stereocenters. The average Bonchev–Trinajstić information content (AvgIpc) is 3.10. The molecular formula is C24H42N2O7. The fraction of sp³-hybridized carbons (Fsp3) is 0.833. The topological polar surface area (TPSA) is 97.8 Å². The van der Waals surface area contributed by atoms with Gasteiger partial charge in [-0.1, -0.05) is 20.8 Å². The molecule has 1 N–H and O–H groups in total. The second kappa shape index (κ2) is 14.7. The van der Waals surface area contributed by atoms with Gasteiger partial charge in [-0.25, -0.2) is 0 Å². The van der Waals surface area contributed by atoms with Gasteiger partial charge in [0.05, 0.1) is 59.3 Å². The van der Waals surface area contributed by atoms with E-state index in [1.807, 2.05) is 4.90 Å². The number of rotatable bonds is 15. The van der Waals surface area contributed by atoms with E-state index in [0.717, 1.165) is 25.9 Å². The molecule has 2 aliphatic heterocycles. The Kier molecular flexibility index (Phi) is 12.3. The van der Waals surface area contributed by atoms with Gasteiger partial charge in [0.2, 0.25) is 11.8 Å². The minimum atomic E-state index is -0.852. The van der Waals surface area contributed by atoms with Gasteiger partial charge in [-0.05, 0) is 30.3 Å². The molecule has 0 radical (unpaired) electrons. The third-order valence-electron chi connectivity index (χ3n) is 6.14. The largest absolute Gasteiger partial charge is 0.379 e. The number of aliphatic hydroxyl groups excluding tert-OH is 1. The van der Waals surface area contributed by atoms with E-state index in [0.29, 0.717) is 77.2 Å². The molecule has 2 rings (SSSR count). The molecule has 0 spiro atoms. The Morgan fingerprint density at radius 1 is 0.939 bits per heavy atom. The molecule has 2 heterocycles. The number of carbonyl (C=O) groups excluding carboxylic acids is 2. The third kappa shape index (κ3) is 10.5. The monoisotopic (exact) mass is 470 g/mol. The summed E-state index contributed by atoms with van der Waals surface area (Å²) in [6, 6.07) is 0. The average molecular weight is 471 g/mol. The van der Waals surface area contributed by atoms with Crippen LogP contribution >= 0.6 is 0 Å². The summed E-state index contributed by atoms with van der Waals surface area (Å²) in [7, 11) is 0. The van der Waals surface area contributed by atoms with E-state index >= 15 is 0 Å². The van der Waals surface area contributed by atoms with E-state index in [1.54, 1.807) is 0 Å². The SMILES string of the molecule is CC(C)(C)C1CCN(C(=O)CCOCCOCCOCCOCCN2C(=O)C=CC2O)CC1. The Labute approximate surface area is 198 Å². The maximum atomic E-state index is 12.3. The lowest BCUT2D eigenvalue weighted by atomic mass is 9.75. The van der Waals surface area contributed by atoms with Crippen LogP contribution in [-0.2, 0) is 28.5 Å². The molecule has 33 heavy (non-hydrogen) atoms. The van der Waals surface area contributed by atoms with Crippen LogP contribution in [0.4, 0.5) is 0 Å². The van der Waals surface area contributed by atoms with Gasteiger partial charge in [0.25, 0.3) is 0 Å². The molecule has 1 atom stereocenters. The van der Waals surface area contributed by atoms with Crippen LogP contribution in [0.2, 0.25) is 0 Å². The summed E-state index contributed by atoms with van der Waals surface area (Å²) in [4.78, 5) is 27.0. The van der Waals surface area contributed by atoms with Crippen LogP contribution in [0, 0.1) is 11.3 Å². The summed E-state index contributed by atoms with van der Waals surface area (Å²) in [6.45, 7) is 12.3. The molecule has 1 saturated heterocycles. The van der Waals surface area contributed by atoms with Crippen LogP contribution < -0.4 is 0 Å². The van der Waals surface area contributed by atoms with Gasteiger partial charge in [-0.15, -0.1) is 0 Å². The zero-order chi connectivity index (χ0) is 24.1. The van der Waals surface area contributed by atoms with Crippen molar-refractivity contribution in [3.8, 4) is 0 Å². The highest BCUT2D eigenvalue weighted by molar-refractivity contribution is 5.90. The Morgan fingerprint density at radius 2 is 1.45 bits per heavy atom. The van der Waals surface area contributed by atoms with Gasteiger partial charge in [0.15, 0.2) is 0 Å². The van der Waals surface area contributed by atoms with Gasteiger partial charge >= 0.3 is 0 Å². The summed E-state index contributed by atoms with van der Waals surface area (Å²) in [5.41, 5.74) is 0.316. The van der Waals surface area contributed by atoms with Crippen molar-refractivity contribution in [2.75, 3.05) is 72.5 Å². The van der Waals surface area contributed by atoms with Gasteiger partial charge in [0.1, 0.15) is 6.23 Å². The number of aliphatic hydroxyl groups is 1. The first-order chi connectivity index (χ1) is 15.8. The molecule has 0 aromatic carbocycles. The molecule has 9 nitrogen and oxygen atoms in total. The number of carbonyl (C=O) groups is 2. The Bertz CT molecular complexity index is 612. The number of hydrogen-bond donors (Lipinski definition) is 1. The van der Waals surface area contributed by atoms with Crippen molar-refractivity contribution in [1.82, 2.24) is 9.80 Å². The third-order valence-corrected chi connectivity index (χ3v) is 6.14. The first kappa shape index (κ1) is 27.7. The highest BCUT2D eigenvalue weighted by Crippen LogP contribution is 2.34. The highest BCUT2D eigenvalue weighted by atomic mass is 16.6. The normalized spacial score (nSPS) is 19.6. The lowest BCUT2D eigenvalue weighted by Crippen LogP contribution is -2.41. The van der Waals surface area contributed by atoms with E-state index < -0.39 is 6.23 Å². The minimum Gasteiger partial charge on any atom is -0.379 e. The lowest BCUT2D eigenvalue weighted by molar-refractivity contribution is -0.134. The predicted octanol–water partition coefficient (Wildman–Crippen LogP) is 1.44. The van der Waals surface area contributed by atoms with Crippen molar-refractivity contribution < 1.29 is 33.6 Å². The molecule has 2 amide bonds. The van der Waals surface area contributed by atoms with Crippen molar-refractivity contribution in [3.05, 3.63) is 12.2 Å². The Morgan fingerprint density at radius 3 is 1.94 bits per heavy atom. The van der Waals surface area contributed by atoms with Crippen LogP contribution in [0.1, 0.15) is 40.0 Å². The second-order valence-electron chi connectivity index (χ2n) is 9.52. The minimum absolute atomic E-state index is 0.179. The van der Waals surface area contributed by atoms with E-state index in [4.69, 9.17) is 18.9 Å². The summed E-state index contributed by atoms with van der Waals surface area (Å²) < 4.78 is 21.8. The van der Waals surface area contributed by atoms with Crippen molar-refractivity contribution in [2.24, 2.45) is 11.3 Å². The van der Waals surface area contributed by atoms with Gasteiger partial charge in [0, 0.05) is 25.7 Å². The molecule has 9 heteroatoms. The van der Waals surface area contributed by atoms with E-state index in [-0.39, 0.29) is 11.8 Å². The maximum absolute atomic E-state index is 12.3. The van der Waals surface area contributed by atoms with E-state index in [9.17, 15) is 14.7 Å². The molecule has 190 valence electrons. The number of hydrogen-bond acceptors (Lipinski definition) is 7. The van der Waals surface area contributed by atoms with Crippen molar-refractivity contribution in [2.45, 2.75) is 46.3 Å². The second-order valence-corrected chi connectivity index (χ2v) is 9.52.